The van der Waals surface area contributed by atoms with Crippen molar-refractivity contribution < 1.29 is 17.9 Å². The highest BCUT2D eigenvalue weighted by atomic mass is 19.4. The van der Waals surface area contributed by atoms with Crippen molar-refractivity contribution in [2.75, 3.05) is 6.61 Å². The third-order valence-corrected chi connectivity index (χ3v) is 6.54. The van der Waals surface area contributed by atoms with E-state index in [1.807, 2.05) is 31.3 Å². The number of rotatable bonds is 7. The fourth-order valence-electron chi connectivity index (χ4n) is 4.10. The number of pyridine rings is 2. The Hall–Kier alpha value is -3.81. The number of ether oxygens (including phenoxy) is 1. The minimum absolute atomic E-state index is 0.218. The number of hydrogen-bond donors (Lipinski definition) is 0. The second kappa shape index (κ2) is 10.0. The number of nitrogens with zero attached hydrogens (tertiary/aromatic N) is 4. The number of alkyl halides is 3. The van der Waals surface area contributed by atoms with Gasteiger partial charge in [-0.2, -0.15) is 13.2 Å². The van der Waals surface area contributed by atoms with Gasteiger partial charge in [0.15, 0.2) is 5.69 Å². The maximum atomic E-state index is 12.8. The lowest BCUT2D eigenvalue weighted by Crippen LogP contribution is -2.31. The Morgan fingerprint density at radius 3 is 2.06 bits per heavy atom. The van der Waals surface area contributed by atoms with E-state index in [1.165, 1.54) is 6.07 Å². The van der Waals surface area contributed by atoms with Crippen LogP contribution < -0.4 is 4.74 Å². The van der Waals surface area contributed by atoms with Gasteiger partial charge in [0.2, 0.25) is 0 Å². The predicted octanol–water partition coefficient (Wildman–Crippen LogP) is 6.98. The summed E-state index contributed by atoms with van der Waals surface area (Å²) in [6.45, 7) is 8.93. The van der Waals surface area contributed by atoms with E-state index >= 15 is 0 Å². The molecule has 1 unspecified atom stereocenters. The van der Waals surface area contributed by atoms with Gasteiger partial charge in [-0.15, -0.1) is 10.2 Å². The molecule has 5 nitrogen and oxygen atoms in total. The van der Waals surface area contributed by atoms with Crippen molar-refractivity contribution >= 4 is 0 Å². The summed E-state index contributed by atoms with van der Waals surface area (Å²) in [4.78, 5) is 8.97. The first-order chi connectivity index (χ1) is 17.1. The molecule has 0 radical (unpaired) electrons. The number of hydrogen-bond acceptors (Lipinski definition) is 5. The van der Waals surface area contributed by atoms with Crippen LogP contribution in [0.15, 0.2) is 73.2 Å². The molecule has 0 N–H and O–H groups in total. The molecule has 1 atom stereocenters. The van der Waals surface area contributed by atoms with Crippen LogP contribution in [0.2, 0.25) is 0 Å². The summed E-state index contributed by atoms with van der Waals surface area (Å²) in [7, 11) is 0. The van der Waals surface area contributed by atoms with E-state index in [4.69, 9.17) is 9.72 Å². The van der Waals surface area contributed by atoms with Crippen molar-refractivity contribution in [1.82, 2.24) is 20.2 Å². The molecule has 0 aliphatic rings. The van der Waals surface area contributed by atoms with Crippen LogP contribution in [-0.4, -0.2) is 26.8 Å². The van der Waals surface area contributed by atoms with Crippen LogP contribution in [0.4, 0.5) is 13.2 Å². The van der Waals surface area contributed by atoms with E-state index in [1.54, 1.807) is 12.4 Å². The third-order valence-electron chi connectivity index (χ3n) is 6.54. The standard InChI is InChI=1S/C28H27F3N4O/c1-5-36-23-14-21(15-32-17-23)19-6-9-22(10-7-19)27(4,18(2)3)25-12-8-20(16-33-25)24-11-13-26(35-34-24)28(29,30)31/h6-18H,5H2,1-4H3. The smallest absolute Gasteiger partial charge is 0.435 e. The lowest BCUT2D eigenvalue weighted by atomic mass is 9.70. The molecule has 3 aromatic heterocycles. The molecular weight excluding hydrogens is 465 g/mol. The summed E-state index contributed by atoms with van der Waals surface area (Å²) < 4.78 is 43.9. The van der Waals surface area contributed by atoms with Gasteiger partial charge >= 0.3 is 6.18 Å². The molecule has 0 amide bonds. The SMILES string of the molecule is CCOc1cncc(-c2ccc(C(C)(c3ccc(-c4ccc(C(F)(F)F)nn4)cn3)C(C)C)cc2)c1. The molecule has 0 fully saturated rings. The van der Waals surface area contributed by atoms with E-state index < -0.39 is 17.3 Å². The summed E-state index contributed by atoms with van der Waals surface area (Å²) in [5.74, 6) is 0.948. The first-order valence-corrected chi connectivity index (χ1v) is 11.7. The maximum absolute atomic E-state index is 12.8. The number of aromatic nitrogens is 4. The summed E-state index contributed by atoms with van der Waals surface area (Å²) in [5, 5.41) is 7.04. The van der Waals surface area contributed by atoms with Crippen LogP contribution >= 0.6 is 0 Å². The van der Waals surface area contributed by atoms with Gasteiger partial charge in [0, 0.05) is 28.9 Å². The van der Waals surface area contributed by atoms with E-state index in [9.17, 15) is 13.2 Å². The first kappa shape index (κ1) is 25.3. The van der Waals surface area contributed by atoms with E-state index in [-0.39, 0.29) is 5.92 Å². The highest BCUT2D eigenvalue weighted by Gasteiger charge is 2.34. The first-order valence-electron chi connectivity index (χ1n) is 11.7. The van der Waals surface area contributed by atoms with E-state index in [0.717, 1.165) is 34.2 Å². The Kier molecular flexibility index (Phi) is 7.06. The topological polar surface area (TPSA) is 60.8 Å². The second-order valence-electron chi connectivity index (χ2n) is 9.01. The molecule has 0 spiro atoms. The van der Waals surface area contributed by atoms with Gasteiger partial charge in [-0.05, 0) is 61.2 Å². The zero-order chi connectivity index (χ0) is 25.9. The normalized spacial score (nSPS) is 13.4. The summed E-state index contributed by atoms with van der Waals surface area (Å²) >= 11 is 0. The lowest BCUT2D eigenvalue weighted by molar-refractivity contribution is -0.141. The van der Waals surface area contributed by atoms with Gasteiger partial charge in [0.1, 0.15) is 5.75 Å². The molecule has 0 aliphatic heterocycles. The van der Waals surface area contributed by atoms with Crippen LogP contribution in [0, 0.1) is 5.92 Å². The Morgan fingerprint density at radius 2 is 1.50 bits per heavy atom. The van der Waals surface area contributed by atoms with Gasteiger partial charge in [-0.1, -0.05) is 38.1 Å². The van der Waals surface area contributed by atoms with Crippen molar-refractivity contribution in [2.24, 2.45) is 5.92 Å². The fraction of sp³-hybridized carbons (Fsp3) is 0.286. The Labute approximate surface area is 208 Å². The molecule has 0 aliphatic carbocycles. The highest BCUT2D eigenvalue weighted by Crippen LogP contribution is 2.39. The highest BCUT2D eigenvalue weighted by molar-refractivity contribution is 5.65. The zero-order valence-electron chi connectivity index (χ0n) is 20.5. The molecule has 186 valence electrons. The van der Waals surface area contributed by atoms with Crippen molar-refractivity contribution in [3.63, 3.8) is 0 Å². The van der Waals surface area contributed by atoms with E-state index in [2.05, 4.69) is 60.2 Å². The van der Waals surface area contributed by atoms with E-state index in [0.29, 0.717) is 17.9 Å². The monoisotopic (exact) mass is 492 g/mol. The molecule has 0 saturated heterocycles. The molecule has 4 rings (SSSR count). The van der Waals surface area contributed by atoms with Gasteiger partial charge in [-0.3, -0.25) is 9.97 Å². The van der Waals surface area contributed by atoms with Crippen molar-refractivity contribution in [2.45, 2.75) is 39.3 Å². The predicted molar refractivity (Wildman–Crippen MR) is 132 cm³/mol. The van der Waals surface area contributed by atoms with Crippen LogP contribution in [0.1, 0.15) is 44.6 Å². The maximum Gasteiger partial charge on any atom is 0.435 e. The van der Waals surface area contributed by atoms with Crippen molar-refractivity contribution in [3.8, 4) is 28.1 Å². The minimum atomic E-state index is -4.52. The second-order valence-corrected chi connectivity index (χ2v) is 9.01. The van der Waals surface area contributed by atoms with Crippen molar-refractivity contribution in [3.05, 3.63) is 90.1 Å². The van der Waals surface area contributed by atoms with Gasteiger partial charge in [0.05, 0.1) is 24.2 Å². The Morgan fingerprint density at radius 1 is 0.806 bits per heavy atom. The molecule has 8 heteroatoms. The summed E-state index contributed by atoms with van der Waals surface area (Å²) in [6.07, 6.45) is 0.615. The average molecular weight is 493 g/mol. The van der Waals surface area contributed by atoms with Gasteiger partial charge < -0.3 is 4.74 Å². The van der Waals surface area contributed by atoms with Crippen molar-refractivity contribution in [1.29, 1.82) is 0 Å². The summed E-state index contributed by atoms with van der Waals surface area (Å²) in [5.41, 5.74) is 3.48. The molecule has 36 heavy (non-hydrogen) atoms. The van der Waals surface area contributed by atoms with Crippen LogP contribution in [0.25, 0.3) is 22.4 Å². The molecule has 1 aromatic carbocycles. The fourth-order valence-corrected chi connectivity index (χ4v) is 4.10. The number of halogens is 3. The Balaban J connectivity index is 1.62. The minimum Gasteiger partial charge on any atom is -0.492 e. The lowest BCUT2D eigenvalue weighted by Gasteiger charge is -2.34. The van der Waals surface area contributed by atoms with Crippen LogP contribution in [0.5, 0.6) is 5.75 Å². The van der Waals surface area contributed by atoms with Gasteiger partial charge in [-0.25, -0.2) is 0 Å². The molecule has 4 aromatic rings. The Bertz CT molecular complexity index is 1300. The quantitative estimate of drug-likeness (QED) is 0.279. The molecule has 3 heterocycles. The van der Waals surface area contributed by atoms with Crippen LogP contribution in [-0.2, 0) is 11.6 Å². The zero-order valence-corrected chi connectivity index (χ0v) is 20.5. The number of benzene rings is 1. The largest absolute Gasteiger partial charge is 0.492 e. The summed E-state index contributed by atoms with van der Waals surface area (Å²) in [6, 6.07) is 16.2. The molecular formula is C28H27F3N4O. The molecule has 0 bridgehead atoms. The average Bonchev–Trinajstić information content (AvgIpc) is 2.88. The van der Waals surface area contributed by atoms with Gasteiger partial charge in [0.25, 0.3) is 0 Å². The van der Waals surface area contributed by atoms with Crippen LogP contribution in [0.3, 0.4) is 0 Å². The molecule has 0 saturated carbocycles. The third kappa shape index (κ3) is 5.08.